The highest BCUT2D eigenvalue weighted by Gasteiger charge is 2.13. The highest BCUT2D eigenvalue weighted by Crippen LogP contribution is 2.26. The van der Waals surface area contributed by atoms with Gasteiger partial charge in [-0.3, -0.25) is 0 Å². The zero-order chi connectivity index (χ0) is 13.9. The molecule has 0 amide bonds. The lowest BCUT2D eigenvalue weighted by Gasteiger charge is -2.27. The van der Waals surface area contributed by atoms with E-state index in [0.29, 0.717) is 0 Å². The number of fused-ring (bicyclic) bond motifs is 1. The van der Waals surface area contributed by atoms with Crippen LogP contribution in [-0.4, -0.2) is 23.6 Å². The van der Waals surface area contributed by atoms with E-state index >= 15 is 0 Å². The fraction of sp³-hybridized carbons (Fsp3) is 0.375. The van der Waals surface area contributed by atoms with Gasteiger partial charge in [-0.15, -0.1) is 0 Å². The fourth-order valence-electron chi connectivity index (χ4n) is 2.69. The predicted octanol–water partition coefficient (Wildman–Crippen LogP) is 2.78. The molecule has 0 saturated heterocycles. The van der Waals surface area contributed by atoms with Gasteiger partial charge in [0.1, 0.15) is 12.1 Å². The van der Waals surface area contributed by atoms with Crippen LogP contribution >= 0.6 is 0 Å². The summed E-state index contributed by atoms with van der Waals surface area (Å²) < 4.78 is 0. The van der Waals surface area contributed by atoms with Gasteiger partial charge in [0, 0.05) is 37.6 Å². The maximum Gasteiger partial charge on any atom is 0.129 e. The van der Waals surface area contributed by atoms with Gasteiger partial charge in [0.2, 0.25) is 0 Å². The first-order valence-electron chi connectivity index (χ1n) is 7.08. The van der Waals surface area contributed by atoms with Gasteiger partial charge in [0.05, 0.1) is 0 Å². The minimum Gasteiger partial charge on any atom is -0.374 e. The third-order valence-electron chi connectivity index (χ3n) is 3.77. The molecule has 104 valence electrons. The van der Waals surface area contributed by atoms with E-state index in [0.717, 1.165) is 24.6 Å². The first kappa shape index (κ1) is 12.9. The highest BCUT2D eigenvalue weighted by molar-refractivity contribution is 5.56. The molecule has 0 atom stereocenters. The Balaban J connectivity index is 1.72. The molecule has 1 aromatic carbocycles. The van der Waals surface area contributed by atoms with Gasteiger partial charge in [-0.25, -0.2) is 9.97 Å². The third-order valence-corrected chi connectivity index (χ3v) is 3.77. The molecule has 0 spiro atoms. The average molecular weight is 268 g/mol. The summed E-state index contributed by atoms with van der Waals surface area (Å²) in [5.41, 5.74) is 5.11. The van der Waals surface area contributed by atoms with Crippen molar-refractivity contribution in [2.75, 3.05) is 23.8 Å². The molecule has 1 aliphatic heterocycles. The second-order valence-electron chi connectivity index (χ2n) is 5.39. The maximum atomic E-state index is 4.22. The lowest BCUT2D eigenvalue weighted by molar-refractivity contribution is 0.743. The van der Waals surface area contributed by atoms with Crippen LogP contribution in [0, 0.1) is 6.92 Å². The summed E-state index contributed by atoms with van der Waals surface area (Å²) in [5, 5.41) is 3.36. The van der Waals surface area contributed by atoms with Crippen LogP contribution in [-0.2, 0) is 13.0 Å². The van der Waals surface area contributed by atoms with Gasteiger partial charge in [-0.05, 0) is 37.0 Å². The molecule has 1 aromatic heterocycles. The molecule has 2 heterocycles. The lowest BCUT2D eigenvalue weighted by atomic mass is 9.99. The molecule has 0 radical (unpaired) electrons. The van der Waals surface area contributed by atoms with Crippen molar-refractivity contribution in [3.05, 3.63) is 47.4 Å². The summed E-state index contributed by atoms with van der Waals surface area (Å²) in [6.07, 6.45) is 4.02. The predicted molar refractivity (Wildman–Crippen MR) is 82.1 cm³/mol. The summed E-state index contributed by atoms with van der Waals surface area (Å²) in [6, 6.07) is 8.71. The number of anilines is 2. The van der Waals surface area contributed by atoms with Crippen molar-refractivity contribution >= 4 is 11.5 Å². The van der Waals surface area contributed by atoms with E-state index in [4.69, 9.17) is 0 Å². The average Bonchev–Trinajstić information content (AvgIpc) is 2.45. The molecule has 1 N–H and O–H groups in total. The van der Waals surface area contributed by atoms with E-state index in [1.54, 1.807) is 6.33 Å². The molecule has 2 aromatic rings. The Bertz CT molecular complexity index is 609. The zero-order valence-corrected chi connectivity index (χ0v) is 12.1. The van der Waals surface area contributed by atoms with Crippen LogP contribution in [0.5, 0.6) is 0 Å². The molecule has 1 aliphatic rings. The minimum absolute atomic E-state index is 0.799. The van der Waals surface area contributed by atoms with Crippen molar-refractivity contribution in [3.63, 3.8) is 0 Å². The summed E-state index contributed by atoms with van der Waals surface area (Å²) in [6.45, 7) is 3.93. The molecular weight excluding hydrogens is 248 g/mol. The number of hydrogen-bond acceptors (Lipinski definition) is 4. The summed E-state index contributed by atoms with van der Waals surface area (Å²) in [4.78, 5) is 10.7. The SMILES string of the molecule is Cc1cc(NCc2ccc3c(c2)CCCN3C)ncn1. The van der Waals surface area contributed by atoms with Crippen LogP contribution in [0.3, 0.4) is 0 Å². The number of hydrogen-bond donors (Lipinski definition) is 1. The topological polar surface area (TPSA) is 41.0 Å². The smallest absolute Gasteiger partial charge is 0.129 e. The van der Waals surface area contributed by atoms with E-state index in [1.165, 1.54) is 29.7 Å². The molecule has 0 fully saturated rings. The number of aryl methyl sites for hydroxylation is 2. The highest BCUT2D eigenvalue weighted by atomic mass is 15.1. The molecule has 4 heteroatoms. The normalized spacial score (nSPS) is 14.0. The fourth-order valence-corrected chi connectivity index (χ4v) is 2.69. The van der Waals surface area contributed by atoms with E-state index < -0.39 is 0 Å². The largest absolute Gasteiger partial charge is 0.374 e. The molecule has 0 bridgehead atoms. The van der Waals surface area contributed by atoms with Crippen LogP contribution in [0.15, 0.2) is 30.6 Å². The van der Waals surface area contributed by atoms with Gasteiger partial charge in [-0.1, -0.05) is 12.1 Å². The van der Waals surface area contributed by atoms with Crippen molar-refractivity contribution in [1.29, 1.82) is 0 Å². The second kappa shape index (κ2) is 5.49. The Labute approximate surface area is 119 Å². The van der Waals surface area contributed by atoms with Crippen molar-refractivity contribution in [2.24, 2.45) is 0 Å². The number of benzene rings is 1. The molecule has 0 unspecified atom stereocenters. The van der Waals surface area contributed by atoms with E-state index in [2.05, 4.69) is 45.4 Å². The second-order valence-corrected chi connectivity index (χ2v) is 5.39. The quantitative estimate of drug-likeness (QED) is 0.929. The van der Waals surface area contributed by atoms with Crippen LogP contribution in [0.1, 0.15) is 23.2 Å². The number of rotatable bonds is 3. The maximum absolute atomic E-state index is 4.22. The Morgan fingerprint density at radius 1 is 1.25 bits per heavy atom. The van der Waals surface area contributed by atoms with Gasteiger partial charge < -0.3 is 10.2 Å². The molecule has 4 nitrogen and oxygen atoms in total. The Hall–Kier alpha value is -2.10. The number of nitrogens with zero attached hydrogens (tertiary/aromatic N) is 3. The zero-order valence-electron chi connectivity index (χ0n) is 12.1. The van der Waals surface area contributed by atoms with Gasteiger partial charge in [0.25, 0.3) is 0 Å². The van der Waals surface area contributed by atoms with E-state index in [9.17, 15) is 0 Å². The third kappa shape index (κ3) is 2.74. The molecule has 0 aliphatic carbocycles. The van der Waals surface area contributed by atoms with E-state index in [1.807, 2.05) is 13.0 Å². The number of aromatic nitrogens is 2. The van der Waals surface area contributed by atoms with Crippen LogP contribution in [0.25, 0.3) is 0 Å². The lowest BCUT2D eigenvalue weighted by Crippen LogP contribution is -2.24. The number of nitrogens with one attached hydrogen (secondary N) is 1. The Kier molecular flexibility index (Phi) is 3.54. The molecular formula is C16H20N4. The first-order valence-corrected chi connectivity index (χ1v) is 7.08. The van der Waals surface area contributed by atoms with Crippen molar-refractivity contribution in [3.8, 4) is 0 Å². The van der Waals surface area contributed by atoms with Crippen LogP contribution in [0.4, 0.5) is 11.5 Å². The van der Waals surface area contributed by atoms with Crippen molar-refractivity contribution in [2.45, 2.75) is 26.3 Å². The molecule has 20 heavy (non-hydrogen) atoms. The minimum atomic E-state index is 0.799. The van der Waals surface area contributed by atoms with Crippen molar-refractivity contribution < 1.29 is 0 Å². The van der Waals surface area contributed by atoms with Gasteiger partial charge in [0.15, 0.2) is 0 Å². The standard InChI is InChI=1S/C16H20N4/c1-12-8-16(19-11-18-12)17-10-13-5-6-15-14(9-13)4-3-7-20(15)2/h5-6,8-9,11H,3-4,7,10H2,1-2H3,(H,17,18,19). The van der Waals surface area contributed by atoms with Gasteiger partial charge >= 0.3 is 0 Å². The first-order chi connectivity index (χ1) is 9.72. The van der Waals surface area contributed by atoms with Crippen molar-refractivity contribution in [1.82, 2.24) is 9.97 Å². The van der Waals surface area contributed by atoms with Crippen LogP contribution in [0.2, 0.25) is 0 Å². The Morgan fingerprint density at radius 3 is 3.00 bits per heavy atom. The Morgan fingerprint density at radius 2 is 2.15 bits per heavy atom. The van der Waals surface area contributed by atoms with Crippen LogP contribution < -0.4 is 10.2 Å². The van der Waals surface area contributed by atoms with Gasteiger partial charge in [-0.2, -0.15) is 0 Å². The summed E-state index contributed by atoms with van der Waals surface area (Å²) in [5.74, 6) is 0.882. The summed E-state index contributed by atoms with van der Waals surface area (Å²) in [7, 11) is 2.17. The molecule has 0 saturated carbocycles. The monoisotopic (exact) mass is 268 g/mol. The summed E-state index contributed by atoms with van der Waals surface area (Å²) >= 11 is 0. The molecule has 3 rings (SSSR count). The van der Waals surface area contributed by atoms with E-state index in [-0.39, 0.29) is 0 Å².